The number of aromatic nitrogens is 2. The fraction of sp³-hybridized carbons (Fsp3) is 0.118. The fourth-order valence-corrected chi connectivity index (χ4v) is 2.58. The van der Waals surface area contributed by atoms with Crippen molar-refractivity contribution in [1.29, 1.82) is 0 Å². The Kier molecular flexibility index (Phi) is 3.76. The molecule has 0 atom stereocenters. The standard InChI is InChI=1S/C17H13FN2O4/c1-2-19-9-12(17(23)24)16(22)11-7-13(18)15(8-14(11)19)20-5-3-10(21)4-6-20/h3-9H,2H2,1H3,(H,23,24). The molecule has 2 heterocycles. The Morgan fingerprint density at radius 3 is 2.46 bits per heavy atom. The van der Waals surface area contributed by atoms with Crippen molar-refractivity contribution in [2.24, 2.45) is 0 Å². The van der Waals surface area contributed by atoms with E-state index in [0.717, 1.165) is 6.07 Å². The second kappa shape index (κ2) is 5.77. The van der Waals surface area contributed by atoms with Gasteiger partial charge >= 0.3 is 5.97 Å². The Morgan fingerprint density at radius 1 is 1.21 bits per heavy atom. The van der Waals surface area contributed by atoms with Gasteiger partial charge in [0.2, 0.25) is 5.43 Å². The van der Waals surface area contributed by atoms with E-state index in [1.807, 2.05) is 0 Å². The maximum Gasteiger partial charge on any atom is 0.341 e. The molecule has 0 radical (unpaired) electrons. The molecule has 24 heavy (non-hydrogen) atoms. The highest BCUT2D eigenvalue weighted by molar-refractivity contribution is 5.93. The van der Waals surface area contributed by atoms with Crippen molar-refractivity contribution in [3.8, 4) is 5.69 Å². The molecule has 1 aromatic carbocycles. The molecule has 0 amide bonds. The smallest absolute Gasteiger partial charge is 0.341 e. The molecule has 2 aromatic heterocycles. The topological polar surface area (TPSA) is 81.3 Å². The number of pyridine rings is 2. The maximum absolute atomic E-state index is 14.5. The first-order valence-corrected chi connectivity index (χ1v) is 7.21. The quantitative estimate of drug-likeness (QED) is 0.797. The Morgan fingerprint density at radius 2 is 1.88 bits per heavy atom. The normalized spacial score (nSPS) is 10.9. The zero-order valence-electron chi connectivity index (χ0n) is 12.7. The van der Waals surface area contributed by atoms with Crippen LogP contribution in [0.25, 0.3) is 16.6 Å². The molecule has 7 heteroatoms. The average Bonchev–Trinajstić information content (AvgIpc) is 2.56. The lowest BCUT2D eigenvalue weighted by molar-refractivity contribution is 0.0695. The van der Waals surface area contributed by atoms with Gasteiger partial charge in [-0.25, -0.2) is 9.18 Å². The number of rotatable bonds is 3. The van der Waals surface area contributed by atoms with Gasteiger partial charge in [0, 0.05) is 42.7 Å². The van der Waals surface area contributed by atoms with Crippen LogP contribution in [0.1, 0.15) is 17.3 Å². The molecule has 0 saturated heterocycles. The molecule has 0 bridgehead atoms. The minimum absolute atomic E-state index is 0.000884. The van der Waals surface area contributed by atoms with Gasteiger partial charge in [-0.2, -0.15) is 0 Å². The lowest BCUT2D eigenvalue weighted by atomic mass is 10.1. The Hall–Kier alpha value is -3.22. The van der Waals surface area contributed by atoms with Gasteiger partial charge in [0.25, 0.3) is 0 Å². The lowest BCUT2D eigenvalue weighted by Gasteiger charge is -2.13. The number of aryl methyl sites for hydroxylation is 1. The monoisotopic (exact) mass is 328 g/mol. The summed E-state index contributed by atoms with van der Waals surface area (Å²) in [5, 5.41) is 9.13. The van der Waals surface area contributed by atoms with Gasteiger partial charge in [-0.05, 0) is 19.1 Å². The van der Waals surface area contributed by atoms with Crippen molar-refractivity contribution in [3.63, 3.8) is 0 Å². The summed E-state index contributed by atoms with van der Waals surface area (Å²) in [4.78, 5) is 34.7. The molecule has 0 fully saturated rings. The van der Waals surface area contributed by atoms with Crippen molar-refractivity contribution in [2.45, 2.75) is 13.5 Å². The molecule has 6 nitrogen and oxygen atoms in total. The highest BCUT2D eigenvalue weighted by atomic mass is 19.1. The van der Waals surface area contributed by atoms with Crippen LogP contribution in [0.4, 0.5) is 4.39 Å². The Balaban J connectivity index is 2.37. The summed E-state index contributed by atoms with van der Waals surface area (Å²) in [6.45, 7) is 2.20. The van der Waals surface area contributed by atoms with Crippen LogP contribution < -0.4 is 10.9 Å². The molecule has 3 rings (SSSR count). The van der Waals surface area contributed by atoms with Gasteiger partial charge in [-0.3, -0.25) is 9.59 Å². The summed E-state index contributed by atoms with van der Waals surface area (Å²) in [5.74, 6) is -2.04. The van der Waals surface area contributed by atoms with Gasteiger partial charge in [-0.15, -0.1) is 0 Å². The van der Waals surface area contributed by atoms with Crippen LogP contribution in [0, 0.1) is 5.82 Å². The zero-order valence-corrected chi connectivity index (χ0v) is 12.7. The molecular formula is C17H13FN2O4. The van der Waals surface area contributed by atoms with E-state index in [9.17, 15) is 18.8 Å². The number of carbonyl (C=O) groups is 1. The second-order valence-electron chi connectivity index (χ2n) is 5.22. The minimum atomic E-state index is -1.35. The molecule has 0 aliphatic heterocycles. The summed E-state index contributed by atoms with van der Waals surface area (Å²) in [6, 6.07) is 5.09. The van der Waals surface area contributed by atoms with E-state index in [-0.39, 0.29) is 16.5 Å². The van der Waals surface area contributed by atoms with Crippen molar-refractivity contribution < 1.29 is 14.3 Å². The van der Waals surface area contributed by atoms with Gasteiger partial charge < -0.3 is 14.2 Å². The van der Waals surface area contributed by atoms with Gasteiger partial charge in [0.05, 0.1) is 11.2 Å². The molecule has 3 aromatic rings. The van der Waals surface area contributed by atoms with Crippen LogP contribution in [-0.2, 0) is 6.54 Å². The molecule has 0 unspecified atom stereocenters. The number of hydrogen-bond donors (Lipinski definition) is 1. The third kappa shape index (κ3) is 2.50. The van der Waals surface area contributed by atoms with E-state index in [1.54, 1.807) is 11.5 Å². The predicted molar refractivity (Wildman–Crippen MR) is 86.4 cm³/mol. The Labute approximate surface area is 135 Å². The number of carboxylic acids is 1. The number of aromatic carboxylic acids is 1. The van der Waals surface area contributed by atoms with Crippen LogP contribution in [0.15, 0.2) is 52.4 Å². The molecule has 0 aliphatic carbocycles. The van der Waals surface area contributed by atoms with E-state index in [1.165, 1.54) is 41.4 Å². The van der Waals surface area contributed by atoms with E-state index in [0.29, 0.717) is 12.1 Å². The van der Waals surface area contributed by atoms with Crippen molar-refractivity contribution in [3.05, 3.63) is 74.7 Å². The summed E-state index contributed by atoms with van der Waals surface area (Å²) in [6.07, 6.45) is 4.10. The van der Waals surface area contributed by atoms with Crippen molar-refractivity contribution in [1.82, 2.24) is 9.13 Å². The van der Waals surface area contributed by atoms with Gasteiger partial charge in [-0.1, -0.05) is 0 Å². The van der Waals surface area contributed by atoms with Crippen molar-refractivity contribution >= 4 is 16.9 Å². The van der Waals surface area contributed by atoms with Crippen LogP contribution in [-0.4, -0.2) is 20.2 Å². The zero-order chi connectivity index (χ0) is 17.4. The van der Waals surface area contributed by atoms with Crippen LogP contribution in [0.3, 0.4) is 0 Å². The summed E-state index contributed by atoms with van der Waals surface area (Å²) < 4.78 is 17.5. The number of carboxylic acid groups (broad SMARTS) is 1. The number of benzene rings is 1. The van der Waals surface area contributed by atoms with E-state index >= 15 is 0 Å². The van der Waals surface area contributed by atoms with Crippen LogP contribution in [0.5, 0.6) is 0 Å². The van der Waals surface area contributed by atoms with E-state index in [2.05, 4.69) is 0 Å². The molecule has 1 N–H and O–H groups in total. The first-order chi connectivity index (χ1) is 11.4. The van der Waals surface area contributed by atoms with Crippen molar-refractivity contribution in [2.75, 3.05) is 0 Å². The van der Waals surface area contributed by atoms with E-state index < -0.39 is 22.8 Å². The SMILES string of the molecule is CCn1cc(C(=O)O)c(=O)c2cc(F)c(-n3ccc(=O)cc3)cc21. The lowest BCUT2D eigenvalue weighted by Crippen LogP contribution is -2.19. The highest BCUT2D eigenvalue weighted by Crippen LogP contribution is 2.21. The van der Waals surface area contributed by atoms with Gasteiger partial charge in [0.1, 0.15) is 11.4 Å². The summed E-state index contributed by atoms with van der Waals surface area (Å²) >= 11 is 0. The average molecular weight is 328 g/mol. The van der Waals surface area contributed by atoms with Crippen LogP contribution in [0.2, 0.25) is 0 Å². The number of fused-ring (bicyclic) bond motifs is 1. The predicted octanol–water partition coefficient (Wildman–Crippen LogP) is 2.01. The van der Waals surface area contributed by atoms with E-state index in [4.69, 9.17) is 5.11 Å². The Bertz CT molecular complexity index is 1060. The summed E-state index contributed by atoms with van der Waals surface area (Å²) in [7, 11) is 0. The molecule has 122 valence electrons. The highest BCUT2D eigenvalue weighted by Gasteiger charge is 2.16. The van der Waals surface area contributed by atoms with Gasteiger partial charge in [0.15, 0.2) is 5.43 Å². The number of hydrogen-bond acceptors (Lipinski definition) is 3. The molecular weight excluding hydrogens is 315 g/mol. The van der Waals surface area contributed by atoms with Crippen LogP contribution >= 0.6 is 0 Å². The molecule has 0 saturated carbocycles. The molecule has 0 spiro atoms. The summed E-state index contributed by atoms with van der Waals surface area (Å²) in [5.41, 5.74) is -0.758. The first-order valence-electron chi connectivity index (χ1n) is 7.21. The maximum atomic E-state index is 14.5. The molecule has 0 aliphatic rings. The first kappa shape index (κ1) is 15.7. The third-order valence-electron chi connectivity index (χ3n) is 3.80. The largest absolute Gasteiger partial charge is 0.477 e. The number of nitrogens with zero attached hydrogens (tertiary/aromatic N) is 2. The third-order valence-corrected chi connectivity index (χ3v) is 3.80. The number of halogens is 1. The minimum Gasteiger partial charge on any atom is -0.477 e. The second-order valence-corrected chi connectivity index (χ2v) is 5.22. The fourth-order valence-electron chi connectivity index (χ4n) is 2.58.